The first-order valence-electron chi connectivity index (χ1n) is 15.1. The van der Waals surface area contributed by atoms with E-state index in [1.165, 1.54) is 59.3 Å². The summed E-state index contributed by atoms with van der Waals surface area (Å²) in [5.74, 6) is -3.55. The van der Waals surface area contributed by atoms with Gasteiger partial charge < -0.3 is 45.9 Å². The second-order valence-electron chi connectivity index (χ2n) is 10.8. The second kappa shape index (κ2) is 22.0. The molecule has 0 spiro atoms. The molecule has 0 bridgehead atoms. The van der Waals surface area contributed by atoms with Crippen molar-refractivity contribution in [3.8, 4) is 5.75 Å². The maximum atomic E-state index is 13.4. The molecule has 8 N–H and O–H groups in total. The third-order valence-electron chi connectivity index (χ3n) is 7.05. The molecule has 17 heteroatoms. The molecule has 0 radical (unpaired) electrons. The molecular formula is C30H50N5O11P. The van der Waals surface area contributed by atoms with Gasteiger partial charge in [-0.05, 0) is 70.8 Å². The largest absolute Gasteiger partial charge is 0.524 e. The number of likely N-dealkylation sites (N-methyl/N-ethyl adjacent to an activating group) is 1. The van der Waals surface area contributed by atoms with Crippen LogP contribution in [0.4, 0.5) is 0 Å². The van der Waals surface area contributed by atoms with Crippen LogP contribution in [0.15, 0.2) is 24.3 Å². The molecule has 5 atom stereocenters. The number of hydrogen-bond donors (Lipinski definition) is 7. The molecule has 3 amide bonds. The van der Waals surface area contributed by atoms with Gasteiger partial charge in [-0.3, -0.25) is 24.2 Å². The van der Waals surface area contributed by atoms with Crippen molar-refractivity contribution in [3.05, 3.63) is 29.8 Å². The fraction of sp³-hybridized carbons (Fsp3) is 0.600. The smallest absolute Gasteiger partial charge is 0.467 e. The van der Waals surface area contributed by atoms with E-state index in [4.69, 9.17) is 14.5 Å². The molecule has 0 heterocycles. The molecule has 1 aromatic rings. The summed E-state index contributed by atoms with van der Waals surface area (Å²) >= 11 is 0. The number of methoxy groups -OCH3 is 1. The Morgan fingerprint density at radius 1 is 0.830 bits per heavy atom. The third-order valence-corrected chi connectivity index (χ3v) is 7.50. The van der Waals surface area contributed by atoms with Crippen LogP contribution in [0, 0.1) is 5.92 Å². The Kier molecular flexibility index (Phi) is 20.3. The van der Waals surface area contributed by atoms with Crippen molar-refractivity contribution < 1.29 is 52.4 Å². The van der Waals surface area contributed by atoms with Gasteiger partial charge in [0.05, 0.1) is 13.2 Å². The van der Waals surface area contributed by atoms with E-state index < -0.39 is 55.7 Å². The normalized spacial score (nSPS) is 14.1. The maximum Gasteiger partial charge on any atom is 0.524 e. The van der Waals surface area contributed by atoms with Gasteiger partial charge in [0, 0.05) is 12.8 Å². The van der Waals surface area contributed by atoms with Crippen molar-refractivity contribution in [1.29, 1.82) is 0 Å². The highest BCUT2D eigenvalue weighted by atomic mass is 31.2. The number of rotatable bonds is 20. The number of carbonyl (C=O) groups excluding carboxylic acids is 6. The van der Waals surface area contributed by atoms with Crippen LogP contribution >= 0.6 is 7.82 Å². The molecule has 0 fully saturated rings. The van der Waals surface area contributed by atoms with Gasteiger partial charge in [-0.15, -0.1) is 0 Å². The van der Waals surface area contributed by atoms with Gasteiger partial charge in [0.25, 0.3) is 0 Å². The number of benzene rings is 1. The Morgan fingerprint density at radius 3 is 1.66 bits per heavy atom. The number of ketones is 2. The zero-order valence-corrected chi connectivity index (χ0v) is 28.9. The first-order chi connectivity index (χ1) is 22.0. The Labute approximate surface area is 275 Å². The molecule has 0 aliphatic rings. The van der Waals surface area contributed by atoms with E-state index in [2.05, 4.69) is 31.5 Å². The fourth-order valence-corrected chi connectivity index (χ4v) is 4.61. The van der Waals surface area contributed by atoms with Crippen molar-refractivity contribution in [2.75, 3.05) is 21.2 Å². The van der Waals surface area contributed by atoms with Crippen molar-refractivity contribution in [3.63, 3.8) is 0 Å². The maximum absolute atomic E-state index is 13.4. The highest BCUT2D eigenvalue weighted by molar-refractivity contribution is 7.46. The molecule has 47 heavy (non-hydrogen) atoms. The van der Waals surface area contributed by atoms with Crippen LogP contribution in [-0.2, 0) is 44.5 Å². The summed E-state index contributed by atoms with van der Waals surface area (Å²) in [4.78, 5) is 93.7. The lowest BCUT2D eigenvalue weighted by Crippen LogP contribution is -2.58. The van der Waals surface area contributed by atoms with Crippen molar-refractivity contribution in [2.45, 2.75) is 90.4 Å². The van der Waals surface area contributed by atoms with Crippen LogP contribution in [0.2, 0.25) is 0 Å². The summed E-state index contributed by atoms with van der Waals surface area (Å²) in [5.41, 5.74) is 5.11. The quantitative estimate of drug-likeness (QED) is 0.0719. The van der Waals surface area contributed by atoms with Gasteiger partial charge in [-0.1, -0.05) is 32.4 Å². The highest BCUT2D eigenvalue weighted by Crippen LogP contribution is 2.37. The van der Waals surface area contributed by atoms with Gasteiger partial charge in [0.15, 0.2) is 0 Å². The van der Waals surface area contributed by atoms with E-state index in [0.29, 0.717) is 12.0 Å². The minimum Gasteiger partial charge on any atom is -0.467 e. The standard InChI is InChI=1S/C29H45N4O11P.CH5N/c1-7-17(2)25(29(39)43-6)33-27(37)23(15-9-19(4)35)31-26(36)22(14-8-18(3)34)32-28(38)24(30-5)16-20-10-12-21(13-11-20)44-45(40,41)42;1-2/h10-13,17,22-25,30H,7-9,14-16H2,1-6H3,(H,31,36)(H,32,38)(H,33,37)(H2,40,41,42);2H2,1H3/t17?,22-,23-,24-,25-;/m0./s1. The molecule has 1 unspecified atom stereocenters. The number of nitrogens with one attached hydrogen (secondary N) is 4. The SMILES string of the molecule is CCC(C)[C@H](NC(=O)[C@H](CCC(C)=O)NC(=O)[C@H](CCC(C)=O)NC(=O)[C@H](Cc1ccc(OP(=O)(O)O)cc1)NC)C(=O)OC.CN. The monoisotopic (exact) mass is 687 g/mol. The van der Waals surface area contributed by atoms with Gasteiger partial charge >= 0.3 is 13.8 Å². The van der Waals surface area contributed by atoms with Crippen LogP contribution in [0.25, 0.3) is 0 Å². The van der Waals surface area contributed by atoms with Crippen molar-refractivity contribution in [2.24, 2.45) is 11.7 Å². The molecule has 0 aliphatic heterocycles. The fourth-order valence-electron chi connectivity index (χ4n) is 4.21. The number of nitrogens with two attached hydrogens (primary N) is 1. The highest BCUT2D eigenvalue weighted by Gasteiger charge is 2.33. The predicted octanol–water partition coefficient (Wildman–Crippen LogP) is 0.275. The van der Waals surface area contributed by atoms with Crippen molar-refractivity contribution >= 4 is 43.1 Å². The molecule has 1 rings (SSSR count). The summed E-state index contributed by atoms with van der Waals surface area (Å²) in [6.07, 6.45) is 0.419. The Morgan fingerprint density at radius 2 is 1.28 bits per heavy atom. The Balaban J connectivity index is 0.0000104. The van der Waals surface area contributed by atoms with Crippen LogP contribution in [0.1, 0.15) is 65.4 Å². The Bertz CT molecular complexity index is 1240. The van der Waals surface area contributed by atoms with Crippen LogP contribution in [-0.4, -0.2) is 90.4 Å². The minimum atomic E-state index is -4.74. The van der Waals surface area contributed by atoms with Crippen LogP contribution < -0.4 is 31.5 Å². The lowest BCUT2D eigenvalue weighted by molar-refractivity contribution is -0.147. The van der Waals surface area contributed by atoms with E-state index in [-0.39, 0.29) is 55.3 Å². The van der Waals surface area contributed by atoms with Crippen LogP contribution in [0.5, 0.6) is 5.75 Å². The molecule has 0 aliphatic carbocycles. The summed E-state index contributed by atoms with van der Waals surface area (Å²) in [5, 5.41) is 10.6. The van der Waals surface area contributed by atoms with Gasteiger partial charge in [0.1, 0.15) is 35.4 Å². The molecule has 16 nitrogen and oxygen atoms in total. The molecule has 1 aromatic carbocycles. The molecule has 266 valence electrons. The average Bonchev–Trinajstić information content (AvgIpc) is 3.02. The molecule has 0 saturated carbocycles. The second-order valence-corrected chi connectivity index (χ2v) is 11.9. The van der Waals surface area contributed by atoms with E-state index in [9.17, 15) is 33.3 Å². The van der Waals surface area contributed by atoms with Gasteiger partial charge in [-0.25, -0.2) is 9.36 Å². The molecule has 0 saturated heterocycles. The van der Waals surface area contributed by atoms with Gasteiger partial charge in [0.2, 0.25) is 17.7 Å². The van der Waals surface area contributed by atoms with E-state index in [0.717, 1.165) is 0 Å². The first kappa shape index (κ1) is 43.3. The number of ether oxygens (including phenoxy) is 1. The van der Waals surface area contributed by atoms with E-state index in [1.807, 2.05) is 6.92 Å². The lowest BCUT2D eigenvalue weighted by Gasteiger charge is -2.27. The number of phosphoric ester groups is 1. The lowest BCUT2D eigenvalue weighted by atomic mass is 9.98. The number of Topliss-reactive ketones (excluding diaryl/α,β-unsaturated/α-hetero) is 2. The van der Waals surface area contributed by atoms with Crippen LogP contribution in [0.3, 0.4) is 0 Å². The molecular weight excluding hydrogens is 637 g/mol. The predicted molar refractivity (Wildman–Crippen MR) is 173 cm³/mol. The minimum absolute atomic E-state index is 0.0467. The summed E-state index contributed by atoms with van der Waals surface area (Å²) in [6.45, 7) is 6.25. The first-order valence-corrected chi connectivity index (χ1v) is 16.6. The number of hydrogen-bond acceptors (Lipinski definition) is 11. The number of esters is 1. The summed E-state index contributed by atoms with van der Waals surface area (Å²) < 4.78 is 20.4. The topological polar surface area (TPSA) is 253 Å². The Hall–Kier alpha value is -3.69. The average molecular weight is 688 g/mol. The van der Waals surface area contributed by atoms with E-state index in [1.54, 1.807) is 6.92 Å². The summed E-state index contributed by atoms with van der Waals surface area (Å²) in [6, 6.07) is 1.38. The summed E-state index contributed by atoms with van der Waals surface area (Å²) in [7, 11) is -0.522. The number of phosphoric acid groups is 1. The molecule has 0 aromatic heterocycles. The van der Waals surface area contributed by atoms with E-state index >= 15 is 0 Å². The number of carbonyl (C=O) groups is 6. The number of amides is 3. The van der Waals surface area contributed by atoms with Gasteiger partial charge in [-0.2, -0.15) is 0 Å². The zero-order valence-electron chi connectivity index (χ0n) is 28.0. The van der Waals surface area contributed by atoms with Crippen molar-refractivity contribution in [1.82, 2.24) is 21.3 Å². The third kappa shape index (κ3) is 17.2. The zero-order chi connectivity index (χ0) is 36.3.